The largest absolute Gasteiger partial charge is 0.457 e. The first-order valence-electron chi connectivity index (χ1n) is 4.79. The zero-order valence-electron chi connectivity index (χ0n) is 8.50. The third kappa shape index (κ3) is 3.24. The molecule has 0 N–H and O–H groups in total. The van der Waals surface area contributed by atoms with Crippen LogP contribution in [0.5, 0.6) is 0 Å². The van der Waals surface area contributed by atoms with Crippen molar-refractivity contribution in [3.63, 3.8) is 0 Å². The molecular weight excluding hydrogens is 281 g/mol. The minimum atomic E-state index is -0.0248. The normalized spacial score (nSPS) is 10.3. The lowest BCUT2D eigenvalue weighted by Crippen LogP contribution is -2.31. The molecule has 3 nitrogen and oxygen atoms in total. The Morgan fingerprint density at radius 3 is 2.87 bits per heavy atom. The highest BCUT2D eigenvalue weighted by Gasteiger charge is 2.18. The second-order valence-corrected chi connectivity index (χ2v) is 4.13. The average molecular weight is 295 g/mol. The molecule has 1 rings (SSSR count). The molecule has 0 aromatic carbocycles. The lowest BCUT2D eigenvalue weighted by Gasteiger charge is -2.19. The monoisotopic (exact) mass is 293 g/mol. The summed E-state index contributed by atoms with van der Waals surface area (Å²) in [6.45, 7) is 3.30. The van der Waals surface area contributed by atoms with Crippen LogP contribution in [0.4, 0.5) is 0 Å². The summed E-state index contributed by atoms with van der Waals surface area (Å²) in [4.78, 5) is 13.7. The Morgan fingerprint density at radius 1 is 1.67 bits per heavy atom. The van der Waals surface area contributed by atoms with Crippen molar-refractivity contribution in [2.75, 3.05) is 19.0 Å². The zero-order chi connectivity index (χ0) is 11.3. The highest BCUT2D eigenvalue weighted by atomic mass is 79.9. The Kier molecular flexibility index (Phi) is 5.19. The molecular formula is C10H13BrClNO2. The number of alkyl halides is 1. The van der Waals surface area contributed by atoms with Gasteiger partial charge in [-0.1, -0.05) is 0 Å². The summed E-state index contributed by atoms with van der Waals surface area (Å²) in [6.07, 6.45) is 2.29. The van der Waals surface area contributed by atoms with Gasteiger partial charge in [-0.3, -0.25) is 4.79 Å². The van der Waals surface area contributed by atoms with Crippen LogP contribution in [0.2, 0.25) is 0 Å². The summed E-state index contributed by atoms with van der Waals surface area (Å²) in [6, 6.07) is 1.66. The molecule has 0 aliphatic heterocycles. The van der Waals surface area contributed by atoms with Crippen LogP contribution >= 0.6 is 27.5 Å². The van der Waals surface area contributed by atoms with Crippen LogP contribution < -0.4 is 0 Å². The van der Waals surface area contributed by atoms with Crippen molar-refractivity contribution < 1.29 is 9.21 Å². The number of amides is 1. The standard InChI is InChI=1S/C10H13BrClNO2/c1-2-13(6-3-5-12)10(14)8-4-7-15-9(8)11/h4,7H,2-3,5-6H2,1H3. The molecule has 15 heavy (non-hydrogen) atoms. The molecule has 0 saturated heterocycles. The lowest BCUT2D eigenvalue weighted by atomic mass is 10.3. The van der Waals surface area contributed by atoms with Gasteiger partial charge >= 0.3 is 0 Å². The molecule has 0 fully saturated rings. The van der Waals surface area contributed by atoms with E-state index >= 15 is 0 Å². The van der Waals surface area contributed by atoms with Crippen LogP contribution in [0.3, 0.4) is 0 Å². The summed E-state index contributed by atoms with van der Waals surface area (Å²) in [5, 5.41) is 0. The Bertz CT molecular complexity index is 327. The van der Waals surface area contributed by atoms with Crippen LogP contribution in [0.15, 0.2) is 21.4 Å². The molecule has 1 heterocycles. The van der Waals surface area contributed by atoms with Gasteiger partial charge in [0, 0.05) is 19.0 Å². The van der Waals surface area contributed by atoms with E-state index < -0.39 is 0 Å². The third-order valence-electron chi connectivity index (χ3n) is 2.08. The van der Waals surface area contributed by atoms with Crippen molar-refractivity contribution in [1.82, 2.24) is 4.90 Å². The lowest BCUT2D eigenvalue weighted by molar-refractivity contribution is 0.0763. The highest BCUT2D eigenvalue weighted by molar-refractivity contribution is 9.10. The molecule has 0 saturated carbocycles. The molecule has 84 valence electrons. The van der Waals surface area contributed by atoms with Crippen molar-refractivity contribution in [3.8, 4) is 0 Å². The van der Waals surface area contributed by atoms with E-state index in [4.69, 9.17) is 16.0 Å². The van der Waals surface area contributed by atoms with Crippen molar-refractivity contribution in [1.29, 1.82) is 0 Å². The maximum atomic E-state index is 12.0. The minimum absolute atomic E-state index is 0.0248. The zero-order valence-corrected chi connectivity index (χ0v) is 10.8. The smallest absolute Gasteiger partial charge is 0.258 e. The Morgan fingerprint density at radius 2 is 2.40 bits per heavy atom. The van der Waals surface area contributed by atoms with Crippen LogP contribution in [-0.4, -0.2) is 29.8 Å². The van der Waals surface area contributed by atoms with Crippen LogP contribution in [-0.2, 0) is 0 Å². The first kappa shape index (κ1) is 12.6. The number of rotatable bonds is 5. The fourth-order valence-corrected chi connectivity index (χ4v) is 1.80. The van der Waals surface area contributed by atoms with Gasteiger partial charge in [-0.05, 0) is 35.3 Å². The first-order valence-corrected chi connectivity index (χ1v) is 6.11. The molecule has 5 heteroatoms. The van der Waals surface area contributed by atoms with Gasteiger partial charge in [-0.2, -0.15) is 0 Å². The van der Waals surface area contributed by atoms with E-state index in [1.54, 1.807) is 11.0 Å². The number of furan rings is 1. The molecule has 1 aromatic rings. The molecule has 0 bridgehead atoms. The molecule has 0 radical (unpaired) electrons. The molecule has 0 unspecified atom stereocenters. The first-order chi connectivity index (χ1) is 7.20. The molecule has 1 amide bonds. The van der Waals surface area contributed by atoms with E-state index in [0.29, 0.717) is 29.2 Å². The van der Waals surface area contributed by atoms with Gasteiger partial charge < -0.3 is 9.32 Å². The van der Waals surface area contributed by atoms with Crippen LogP contribution in [0.1, 0.15) is 23.7 Å². The predicted molar refractivity (Wildman–Crippen MR) is 63.3 cm³/mol. The van der Waals surface area contributed by atoms with E-state index in [9.17, 15) is 4.79 Å². The van der Waals surface area contributed by atoms with E-state index in [1.807, 2.05) is 6.92 Å². The molecule has 0 atom stereocenters. The van der Waals surface area contributed by atoms with E-state index in [0.717, 1.165) is 6.42 Å². The summed E-state index contributed by atoms with van der Waals surface area (Å²) in [5.74, 6) is 0.541. The number of carbonyl (C=O) groups excluding carboxylic acids is 1. The van der Waals surface area contributed by atoms with E-state index in [1.165, 1.54) is 6.26 Å². The summed E-state index contributed by atoms with van der Waals surface area (Å²) < 4.78 is 5.51. The Balaban J connectivity index is 2.69. The van der Waals surface area contributed by atoms with Crippen molar-refractivity contribution >= 4 is 33.4 Å². The fourth-order valence-electron chi connectivity index (χ4n) is 1.27. The maximum Gasteiger partial charge on any atom is 0.258 e. The Hall–Kier alpha value is -0.480. The number of halogens is 2. The van der Waals surface area contributed by atoms with Gasteiger partial charge in [-0.25, -0.2) is 0 Å². The summed E-state index contributed by atoms with van der Waals surface area (Å²) >= 11 is 8.79. The van der Waals surface area contributed by atoms with Crippen LogP contribution in [0.25, 0.3) is 0 Å². The second kappa shape index (κ2) is 6.18. The summed E-state index contributed by atoms with van der Waals surface area (Å²) in [7, 11) is 0. The molecule has 0 aliphatic rings. The van der Waals surface area contributed by atoms with Gasteiger partial charge in [-0.15, -0.1) is 11.6 Å². The van der Waals surface area contributed by atoms with E-state index in [2.05, 4.69) is 15.9 Å². The topological polar surface area (TPSA) is 33.5 Å². The predicted octanol–water partition coefficient (Wildman–Crippen LogP) is 3.13. The molecule has 0 spiro atoms. The van der Waals surface area contributed by atoms with Crippen LogP contribution in [0, 0.1) is 0 Å². The minimum Gasteiger partial charge on any atom is -0.457 e. The van der Waals surface area contributed by atoms with Crippen molar-refractivity contribution in [2.45, 2.75) is 13.3 Å². The number of carbonyl (C=O) groups is 1. The third-order valence-corrected chi connectivity index (χ3v) is 2.96. The SMILES string of the molecule is CCN(CCCCl)C(=O)c1ccoc1Br. The average Bonchev–Trinajstić information content (AvgIpc) is 2.65. The maximum absolute atomic E-state index is 12.0. The van der Waals surface area contributed by atoms with Crippen molar-refractivity contribution in [2.24, 2.45) is 0 Å². The number of hydrogen-bond acceptors (Lipinski definition) is 2. The summed E-state index contributed by atoms with van der Waals surface area (Å²) in [5.41, 5.74) is 0.562. The molecule has 1 aromatic heterocycles. The van der Waals surface area contributed by atoms with Gasteiger partial charge in [0.05, 0.1) is 11.8 Å². The van der Waals surface area contributed by atoms with Gasteiger partial charge in [0.25, 0.3) is 5.91 Å². The van der Waals surface area contributed by atoms with Gasteiger partial charge in [0.2, 0.25) is 0 Å². The number of hydrogen-bond donors (Lipinski definition) is 0. The van der Waals surface area contributed by atoms with E-state index in [-0.39, 0.29) is 5.91 Å². The highest BCUT2D eigenvalue weighted by Crippen LogP contribution is 2.19. The van der Waals surface area contributed by atoms with Gasteiger partial charge in [0.15, 0.2) is 4.67 Å². The fraction of sp³-hybridized carbons (Fsp3) is 0.500. The van der Waals surface area contributed by atoms with Gasteiger partial charge in [0.1, 0.15) is 0 Å². The second-order valence-electron chi connectivity index (χ2n) is 3.04. The van der Waals surface area contributed by atoms with Crippen molar-refractivity contribution in [3.05, 3.63) is 22.6 Å². The quantitative estimate of drug-likeness (QED) is 0.782. The molecule has 0 aliphatic carbocycles. The Labute approximate surface area is 103 Å². The number of nitrogens with zero attached hydrogens (tertiary/aromatic N) is 1.